The van der Waals surface area contributed by atoms with Gasteiger partial charge in [-0.3, -0.25) is 81.5 Å². The molecule has 0 saturated carbocycles. The topological polar surface area (TPSA) is 634 Å². The van der Waals surface area contributed by atoms with Gasteiger partial charge in [-0.05, 0) is 158 Å². The summed E-state index contributed by atoms with van der Waals surface area (Å²) in [5.41, 5.74) is 29.1. The third-order valence-corrected chi connectivity index (χ3v) is 25.3. The third-order valence-electron chi connectivity index (χ3n) is 21.0. The molecule has 0 aliphatic carbocycles. The first kappa shape index (κ1) is 104. The number of fused-ring (bicyclic) bond motifs is 2. The Morgan fingerprint density at radius 1 is 0.559 bits per heavy atom. The van der Waals surface area contributed by atoms with Crippen molar-refractivity contribution in [1.29, 1.82) is 0 Å². The first-order valence-corrected chi connectivity index (χ1v) is 44.2. The molecule has 1 aliphatic heterocycles. The fourth-order valence-corrected chi connectivity index (χ4v) is 16.8. The summed E-state index contributed by atoms with van der Waals surface area (Å²) in [4.78, 5) is 244. The number of amides is 17. The van der Waals surface area contributed by atoms with Crippen LogP contribution in [0.2, 0.25) is 0 Å². The van der Waals surface area contributed by atoms with Gasteiger partial charge in [0.05, 0.1) is 18.9 Å². The first-order valence-electron chi connectivity index (χ1n) is 42.1. The number of aryl methyl sites for hydroxylation is 1. The van der Waals surface area contributed by atoms with Crippen LogP contribution in [0.3, 0.4) is 0 Å². The standard InChI is InChI=1S/C86H124N20O19S2/c1-47-20-19-23-58-56(46-95-69(47)58)43-63-77(118)97-59(24-13-17-36-92-49(3)108)75(116)105-72(85(8,9)127-126-84(6,7)71(96-51(5)110)81(122)102-65(45-68(91)113)78(119)104-70(48(2)107)80(121)100-63)82(123)101-61(41-52-27-30-57(31-28-52)125-39-35-88)76(117)98-62(42-53-26-29-54-21-11-12-22-55(54)40-53)79(120)106-86(10,33-15-16-34-87)83(124)103-60(25-14-18-37-93-50(4)109)74(115)99-64(44-67(90)112)73(114)94-38-32-66(89)111/h11-12,19-23,26-31,40,46,48,59-65,70-72,95,107H,13-18,24-25,32-39,41-45,87-88H2,1-10H3,(H2,89,111)(H2,90,112)(H2,91,113)(H,92,108)(H,93,109)(H,94,114)(H,96,110)(H,97,118)(H,98,117)(H,99,115)(H,100,121)(H,101,123)(H,102,122)(H,103,124)(H,104,119)(H,105,116)(H,106,120)/t48-,59+,60+,61+,62+,63+,64+,65+,70+,71-,72-,86+/m1/s1. The van der Waals surface area contributed by atoms with Crippen LogP contribution in [0.4, 0.5) is 0 Å². The number of ether oxygens (including phenoxy) is 1. The van der Waals surface area contributed by atoms with Crippen molar-refractivity contribution in [3.8, 4) is 5.75 Å². The van der Waals surface area contributed by atoms with Gasteiger partial charge >= 0.3 is 0 Å². The lowest BCUT2D eigenvalue weighted by Crippen LogP contribution is -2.65. The van der Waals surface area contributed by atoms with Gasteiger partial charge in [0.2, 0.25) is 100 Å². The van der Waals surface area contributed by atoms with Crippen LogP contribution in [0.1, 0.15) is 162 Å². The SMILES string of the molecule is CC(=O)NCCCC[C@@H]1NC(=O)[C@H](Cc2c[nH]c3c(C)cccc23)NC(=O)[C@H]([C@@H](C)O)NC(=O)[C@H](CC(N)=O)NC(=O)[C@@H](NC(C)=O)C(C)(C)SSC(C)(C)[C@@H](C(=O)N[C@@H](Cc2ccc(OCCN)cc2)C(=O)N[C@@H](Cc2ccc3ccccc3c2)C(=O)N[C@@](C)(CCCCN)C(=O)N[C@@H](CCCCNC(C)=O)C(=O)N[C@@H](CC(N)=O)C(=O)NCCC(N)=O)NC1=O. The molecule has 12 atom stereocenters. The van der Waals surface area contributed by atoms with Crippen molar-refractivity contribution >= 4 is 144 Å². The van der Waals surface area contributed by atoms with E-state index in [0.717, 1.165) is 51.8 Å². The second kappa shape index (κ2) is 49.8. The van der Waals surface area contributed by atoms with Crippen LogP contribution in [0, 0.1) is 6.92 Å². The lowest BCUT2D eigenvalue weighted by Gasteiger charge is -2.39. The Kier molecular flexibility index (Phi) is 40.7. The molecule has 1 aromatic heterocycles. The predicted molar refractivity (Wildman–Crippen MR) is 478 cm³/mol. The summed E-state index contributed by atoms with van der Waals surface area (Å²) < 4.78 is 2.58. The largest absolute Gasteiger partial charge is 0.492 e. The molecule has 2 heterocycles. The zero-order valence-electron chi connectivity index (χ0n) is 73.4. The van der Waals surface area contributed by atoms with Crippen molar-refractivity contribution in [2.24, 2.45) is 28.7 Å². The zero-order chi connectivity index (χ0) is 94.0. The Balaban J connectivity index is 1.54. The highest BCUT2D eigenvalue weighted by atomic mass is 33.1. The van der Waals surface area contributed by atoms with E-state index in [4.69, 9.17) is 33.4 Å². The molecule has 6 rings (SSSR count). The summed E-state index contributed by atoms with van der Waals surface area (Å²) in [6.45, 7) is 14.6. The van der Waals surface area contributed by atoms with E-state index < -0.39 is 183 Å². The minimum absolute atomic E-state index is 0.110. The number of aromatic nitrogens is 1. The Hall–Kier alpha value is -11.9. The minimum Gasteiger partial charge on any atom is -0.492 e. The lowest BCUT2D eigenvalue weighted by atomic mass is 9.91. The van der Waals surface area contributed by atoms with Gasteiger partial charge < -0.3 is 118 Å². The average molecular weight is 1810 g/mol. The number of para-hydroxylation sites is 1. The minimum atomic E-state index is -2.01. The van der Waals surface area contributed by atoms with Crippen molar-refractivity contribution < 1.29 is 91.4 Å². The number of H-pyrrole nitrogens is 1. The van der Waals surface area contributed by atoms with E-state index in [1.807, 2.05) is 31.2 Å². The van der Waals surface area contributed by atoms with Gasteiger partial charge in [0.1, 0.15) is 78.3 Å². The number of aromatic amines is 1. The van der Waals surface area contributed by atoms with Gasteiger partial charge in [-0.1, -0.05) is 94.4 Å². The van der Waals surface area contributed by atoms with Gasteiger partial charge in [-0.2, -0.15) is 0 Å². The average Bonchev–Trinajstić information content (AvgIpc) is 1.27. The molecule has 5 aromatic rings. The van der Waals surface area contributed by atoms with Crippen LogP contribution in [-0.2, 0) is 101 Å². The van der Waals surface area contributed by atoms with E-state index in [9.17, 15) is 57.8 Å². The third kappa shape index (κ3) is 33.4. The molecule has 17 amide bonds. The monoisotopic (exact) mass is 1800 g/mol. The van der Waals surface area contributed by atoms with Crippen LogP contribution in [0.15, 0.2) is 91.1 Å². The predicted octanol–water partition coefficient (Wildman–Crippen LogP) is -1.45. The number of primary amides is 3. The van der Waals surface area contributed by atoms with Crippen molar-refractivity contribution in [2.45, 2.75) is 247 Å². The molecule has 0 radical (unpaired) electrons. The molecule has 0 bridgehead atoms. The number of aliphatic hydroxyl groups excluding tert-OH is 1. The molecule has 0 unspecified atom stereocenters. The molecule has 26 N–H and O–H groups in total. The van der Waals surface area contributed by atoms with E-state index >= 15 is 28.8 Å². The number of benzene rings is 4. The molecule has 1 aliphatic rings. The summed E-state index contributed by atoms with van der Waals surface area (Å²) in [6, 6.07) is 7.16. The summed E-state index contributed by atoms with van der Waals surface area (Å²) in [5.74, 6) is -15.3. The number of rotatable bonds is 43. The van der Waals surface area contributed by atoms with Crippen molar-refractivity contribution in [2.75, 3.05) is 39.3 Å². The molecular formula is C86H124N20O19S2. The number of hydrogen-bond donors (Lipinski definition) is 21. The van der Waals surface area contributed by atoms with Gasteiger partial charge in [0.15, 0.2) is 0 Å². The van der Waals surface area contributed by atoms with Gasteiger partial charge in [-0.15, -0.1) is 0 Å². The highest BCUT2D eigenvalue weighted by molar-refractivity contribution is 8.77. The number of carbonyl (C=O) groups is 17. The number of unbranched alkanes of at least 4 members (excludes halogenated alkanes) is 3. The maximum absolute atomic E-state index is 16.3. The number of hydrogen-bond acceptors (Lipinski definition) is 23. The van der Waals surface area contributed by atoms with Crippen LogP contribution in [-0.4, -0.2) is 231 Å². The molecule has 4 aromatic carbocycles. The summed E-state index contributed by atoms with van der Waals surface area (Å²) in [5, 5.41) is 50.8. The molecule has 694 valence electrons. The number of nitrogens with one attached hydrogen (secondary N) is 15. The van der Waals surface area contributed by atoms with Crippen LogP contribution in [0.25, 0.3) is 21.7 Å². The number of carbonyl (C=O) groups excluding carboxylic acids is 17. The van der Waals surface area contributed by atoms with Crippen molar-refractivity contribution in [3.63, 3.8) is 0 Å². The Morgan fingerprint density at radius 2 is 1.16 bits per heavy atom. The highest BCUT2D eigenvalue weighted by Crippen LogP contribution is 2.47. The molecule has 41 heteroatoms. The quantitative estimate of drug-likeness (QED) is 0.0157. The first-order chi connectivity index (χ1) is 59.9. The van der Waals surface area contributed by atoms with Gasteiger partial charge in [0, 0.05) is 99.2 Å². The van der Waals surface area contributed by atoms with Crippen molar-refractivity contribution in [1.82, 2.24) is 79.4 Å². The van der Waals surface area contributed by atoms with Gasteiger partial charge in [-0.25, -0.2) is 0 Å². The Morgan fingerprint density at radius 3 is 1.79 bits per heavy atom. The van der Waals surface area contributed by atoms with Crippen LogP contribution >= 0.6 is 21.6 Å². The molecular weight excluding hydrogens is 1680 g/mol. The molecule has 1 saturated heterocycles. The second-order valence-electron chi connectivity index (χ2n) is 32.8. The lowest BCUT2D eigenvalue weighted by molar-refractivity contribution is -0.138. The number of aliphatic hydroxyl groups is 1. The summed E-state index contributed by atoms with van der Waals surface area (Å²) in [6.07, 6.45) is -2.29. The van der Waals surface area contributed by atoms with E-state index in [0.29, 0.717) is 39.8 Å². The maximum atomic E-state index is 16.3. The van der Waals surface area contributed by atoms with E-state index in [2.05, 4.69) is 79.4 Å². The molecule has 127 heavy (non-hydrogen) atoms. The smallest absolute Gasteiger partial charge is 0.246 e. The van der Waals surface area contributed by atoms with E-state index in [1.165, 1.54) is 48.5 Å². The highest BCUT2D eigenvalue weighted by Gasteiger charge is 2.47. The number of nitrogens with two attached hydrogens (primary N) is 5. The zero-order valence-corrected chi connectivity index (χ0v) is 75.0. The van der Waals surface area contributed by atoms with Crippen LogP contribution in [0.5, 0.6) is 5.75 Å². The van der Waals surface area contributed by atoms with Crippen molar-refractivity contribution in [3.05, 3.63) is 113 Å². The summed E-state index contributed by atoms with van der Waals surface area (Å²) in [7, 11) is 1.82. The second-order valence-corrected chi connectivity index (χ2v) is 36.3. The summed E-state index contributed by atoms with van der Waals surface area (Å²) >= 11 is 0. The van der Waals surface area contributed by atoms with E-state index in [1.54, 1.807) is 66.9 Å². The van der Waals surface area contributed by atoms with Gasteiger partial charge in [0.25, 0.3) is 0 Å². The fourth-order valence-electron chi connectivity index (χ4n) is 14.0. The Bertz CT molecular complexity index is 4740. The van der Waals surface area contributed by atoms with E-state index in [-0.39, 0.29) is 128 Å². The molecule has 39 nitrogen and oxygen atoms in total. The van der Waals surface area contributed by atoms with Crippen LogP contribution < -0.4 is 108 Å². The molecule has 1 fully saturated rings. The molecule has 0 spiro atoms. The normalized spacial score (nSPS) is 19.1. The fraction of sp³-hybridized carbons (Fsp3) is 0.523. The maximum Gasteiger partial charge on any atom is 0.246 e. The Labute approximate surface area is 744 Å².